The number of benzene rings is 5. The van der Waals surface area contributed by atoms with Gasteiger partial charge in [0.25, 0.3) is 0 Å². The molecule has 0 heterocycles. The number of halogens is 2. The molecule has 0 amide bonds. The first-order valence-electron chi connectivity index (χ1n) is 12.0. The first kappa shape index (κ1) is 25.2. The standard InChI is InChI=1S/C33H26I2O/c1-36-22-21-23-17-19-27(20-18-23)31-30(26-15-9-4-10-16-26)32(34)28(24-11-5-2-6-12-24)29(33(31)35)25-13-7-3-8-14-25/h2-20H,21-22H2,1H3. The fraction of sp³-hybridized carbons (Fsp3) is 0.0909. The quantitative estimate of drug-likeness (QED) is 0.155. The maximum Gasteiger partial charge on any atom is 0.0502 e. The Morgan fingerprint density at radius 1 is 0.472 bits per heavy atom. The summed E-state index contributed by atoms with van der Waals surface area (Å²) in [6, 6.07) is 41.4. The third-order valence-electron chi connectivity index (χ3n) is 6.40. The Morgan fingerprint density at radius 2 is 0.806 bits per heavy atom. The predicted octanol–water partition coefficient (Wildman–Crippen LogP) is 9.75. The Bertz CT molecular complexity index is 1450. The van der Waals surface area contributed by atoms with Crippen LogP contribution in [0.3, 0.4) is 0 Å². The Kier molecular flexibility index (Phi) is 8.19. The van der Waals surface area contributed by atoms with Crippen molar-refractivity contribution in [2.75, 3.05) is 13.7 Å². The van der Waals surface area contributed by atoms with Gasteiger partial charge in [-0.05, 0) is 79.4 Å². The lowest BCUT2D eigenvalue weighted by atomic mass is 9.85. The van der Waals surface area contributed by atoms with Crippen LogP contribution in [-0.2, 0) is 11.2 Å². The molecular formula is C33H26I2O. The van der Waals surface area contributed by atoms with Crippen LogP contribution in [0.25, 0.3) is 44.5 Å². The molecule has 0 aliphatic heterocycles. The van der Waals surface area contributed by atoms with Crippen molar-refractivity contribution >= 4 is 45.2 Å². The van der Waals surface area contributed by atoms with Crippen LogP contribution in [0.1, 0.15) is 5.56 Å². The summed E-state index contributed by atoms with van der Waals surface area (Å²) >= 11 is 5.15. The molecule has 1 nitrogen and oxygen atoms in total. The van der Waals surface area contributed by atoms with Gasteiger partial charge < -0.3 is 4.74 Å². The summed E-state index contributed by atoms with van der Waals surface area (Å²) in [6.45, 7) is 0.730. The molecule has 0 atom stereocenters. The van der Waals surface area contributed by atoms with Crippen molar-refractivity contribution < 1.29 is 4.74 Å². The normalized spacial score (nSPS) is 11.0. The number of ether oxygens (including phenoxy) is 1. The van der Waals surface area contributed by atoms with E-state index in [4.69, 9.17) is 4.74 Å². The maximum absolute atomic E-state index is 5.29. The summed E-state index contributed by atoms with van der Waals surface area (Å²) in [4.78, 5) is 0. The molecule has 178 valence electrons. The number of rotatable bonds is 7. The van der Waals surface area contributed by atoms with Crippen LogP contribution < -0.4 is 0 Å². The van der Waals surface area contributed by atoms with Crippen LogP contribution in [0.4, 0.5) is 0 Å². The molecule has 0 aliphatic carbocycles. The van der Waals surface area contributed by atoms with E-state index in [1.165, 1.54) is 57.2 Å². The Labute approximate surface area is 240 Å². The van der Waals surface area contributed by atoms with Crippen LogP contribution >= 0.6 is 45.2 Å². The molecule has 0 aliphatic rings. The van der Waals surface area contributed by atoms with Gasteiger partial charge >= 0.3 is 0 Å². The van der Waals surface area contributed by atoms with E-state index in [9.17, 15) is 0 Å². The van der Waals surface area contributed by atoms with Crippen molar-refractivity contribution in [3.05, 3.63) is 128 Å². The lowest BCUT2D eigenvalue weighted by Crippen LogP contribution is -2.01. The smallest absolute Gasteiger partial charge is 0.0502 e. The van der Waals surface area contributed by atoms with E-state index >= 15 is 0 Å². The largest absolute Gasteiger partial charge is 0.384 e. The van der Waals surface area contributed by atoms with Gasteiger partial charge in [-0.15, -0.1) is 0 Å². The highest BCUT2D eigenvalue weighted by molar-refractivity contribution is 14.1. The highest BCUT2D eigenvalue weighted by Crippen LogP contribution is 2.49. The van der Waals surface area contributed by atoms with Gasteiger partial charge in [-0.3, -0.25) is 0 Å². The molecule has 0 N–H and O–H groups in total. The highest BCUT2D eigenvalue weighted by atomic mass is 127. The zero-order chi connectivity index (χ0) is 24.9. The van der Waals surface area contributed by atoms with E-state index in [0.29, 0.717) is 0 Å². The fourth-order valence-corrected chi connectivity index (χ4v) is 6.97. The molecular weight excluding hydrogens is 666 g/mol. The summed E-state index contributed by atoms with van der Waals surface area (Å²) in [5.74, 6) is 0. The molecule has 3 heteroatoms. The van der Waals surface area contributed by atoms with Crippen LogP contribution in [-0.4, -0.2) is 13.7 Å². The summed E-state index contributed by atoms with van der Waals surface area (Å²) in [6.07, 6.45) is 0.916. The van der Waals surface area contributed by atoms with Gasteiger partial charge in [0.1, 0.15) is 0 Å². The van der Waals surface area contributed by atoms with Crippen molar-refractivity contribution in [1.29, 1.82) is 0 Å². The van der Waals surface area contributed by atoms with Crippen LogP contribution in [0.15, 0.2) is 115 Å². The van der Waals surface area contributed by atoms with Gasteiger partial charge in [0.15, 0.2) is 0 Å². The minimum atomic E-state index is 0.730. The van der Waals surface area contributed by atoms with E-state index in [0.717, 1.165) is 13.0 Å². The zero-order valence-corrected chi connectivity index (χ0v) is 24.4. The lowest BCUT2D eigenvalue weighted by molar-refractivity contribution is 0.202. The molecule has 0 radical (unpaired) electrons. The topological polar surface area (TPSA) is 9.23 Å². The average Bonchev–Trinajstić information content (AvgIpc) is 2.94. The van der Waals surface area contributed by atoms with Crippen LogP contribution in [0.2, 0.25) is 0 Å². The van der Waals surface area contributed by atoms with Crippen molar-refractivity contribution in [2.45, 2.75) is 6.42 Å². The summed E-state index contributed by atoms with van der Waals surface area (Å²) in [5, 5.41) is 0. The molecule has 0 fully saturated rings. The third-order valence-corrected chi connectivity index (χ3v) is 8.56. The molecule has 5 aromatic carbocycles. The van der Waals surface area contributed by atoms with E-state index < -0.39 is 0 Å². The van der Waals surface area contributed by atoms with Crippen molar-refractivity contribution in [3.8, 4) is 44.5 Å². The van der Waals surface area contributed by atoms with Crippen LogP contribution in [0, 0.1) is 7.14 Å². The lowest BCUT2D eigenvalue weighted by Gasteiger charge is -2.24. The maximum atomic E-state index is 5.29. The van der Waals surface area contributed by atoms with Gasteiger partial charge in [-0.1, -0.05) is 115 Å². The van der Waals surface area contributed by atoms with E-state index in [2.05, 4.69) is 160 Å². The second-order valence-electron chi connectivity index (χ2n) is 8.67. The monoisotopic (exact) mass is 692 g/mol. The van der Waals surface area contributed by atoms with E-state index in [1.54, 1.807) is 7.11 Å². The number of methoxy groups -OCH3 is 1. The molecule has 0 saturated heterocycles. The SMILES string of the molecule is COCCc1ccc(-c2c(I)c(-c3ccccc3)c(-c3ccccc3)c(I)c2-c2ccccc2)cc1. The van der Waals surface area contributed by atoms with E-state index in [1.807, 2.05) is 0 Å². The molecule has 0 aromatic heterocycles. The Hall–Kier alpha value is -2.48. The highest BCUT2D eigenvalue weighted by Gasteiger charge is 2.25. The van der Waals surface area contributed by atoms with Crippen molar-refractivity contribution in [2.24, 2.45) is 0 Å². The van der Waals surface area contributed by atoms with Gasteiger partial charge in [0, 0.05) is 36.5 Å². The Balaban J connectivity index is 1.85. The zero-order valence-electron chi connectivity index (χ0n) is 20.0. The molecule has 5 aromatic rings. The summed E-state index contributed by atoms with van der Waals surface area (Å²) in [5.41, 5.74) is 11.3. The molecule has 0 unspecified atom stereocenters. The second-order valence-corrected chi connectivity index (χ2v) is 10.8. The first-order chi connectivity index (χ1) is 17.7. The summed E-state index contributed by atoms with van der Waals surface area (Å²) < 4.78 is 7.82. The number of hydrogen-bond acceptors (Lipinski definition) is 1. The van der Waals surface area contributed by atoms with E-state index in [-0.39, 0.29) is 0 Å². The van der Waals surface area contributed by atoms with Gasteiger partial charge in [0.2, 0.25) is 0 Å². The van der Waals surface area contributed by atoms with Crippen molar-refractivity contribution in [3.63, 3.8) is 0 Å². The number of hydrogen-bond donors (Lipinski definition) is 0. The molecule has 0 spiro atoms. The minimum Gasteiger partial charge on any atom is -0.384 e. The molecule has 5 rings (SSSR count). The van der Waals surface area contributed by atoms with Gasteiger partial charge in [-0.25, -0.2) is 0 Å². The van der Waals surface area contributed by atoms with Gasteiger partial charge in [0.05, 0.1) is 6.61 Å². The first-order valence-corrected chi connectivity index (χ1v) is 14.1. The molecule has 36 heavy (non-hydrogen) atoms. The third kappa shape index (κ3) is 5.15. The Morgan fingerprint density at radius 3 is 1.14 bits per heavy atom. The fourth-order valence-electron chi connectivity index (χ4n) is 4.65. The minimum absolute atomic E-state index is 0.730. The predicted molar refractivity (Wildman–Crippen MR) is 169 cm³/mol. The van der Waals surface area contributed by atoms with Crippen molar-refractivity contribution in [1.82, 2.24) is 0 Å². The average molecular weight is 692 g/mol. The van der Waals surface area contributed by atoms with Gasteiger partial charge in [-0.2, -0.15) is 0 Å². The molecule has 0 bridgehead atoms. The molecule has 0 saturated carbocycles. The summed E-state index contributed by atoms with van der Waals surface area (Å²) in [7, 11) is 1.75. The van der Waals surface area contributed by atoms with Crippen LogP contribution in [0.5, 0.6) is 0 Å². The second kappa shape index (κ2) is 11.7.